The number of hydrogen-bond acceptors (Lipinski definition) is 2. The van der Waals surface area contributed by atoms with Crippen molar-refractivity contribution in [2.75, 3.05) is 13.2 Å². The molecule has 0 aliphatic carbocycles. The Kier molecular flexibility index (Phi) is 5.19. The summed E-state index contributed by atoms with van der Waals surface area (Å²) in [6.07, 6.45) is 3.16. The minimum atomic E-state index is 0.674. The van der Waals surface area contributed by atoms with E-state index in [4.69, 9.17) is 10.5 Å². The van der Waals surface area contributed by atoms with E-state index in [1.807, 2.05) is 0 Å². The molecule has 0 bridgehead atoms. The van der Waals surface area contributed by atoms with E-state index in [0.29, 0.717) is 6.54 Å². The van der Waals surface area contributed by atoms with Crippen LogP contribution in [0.5, 0.6) is 5.75 Å². The van der Waals surface area contributed by atoms with E-state index in [2.05, 4.69) is 32.0 Å². The first-order chi connectivity index (χ1) is 7.27. The molecule has 0 aliphatic heterocycles. The van der Waals surface area contributed by atoms with Gasteiger partial charge in [0.1, 0.15) is 5.75 Å². The van der Waals surface area contributed by atoms with Crippen molar-refractivity contribution < 1.29 is 4.74 Å². The van der Waals surface area contributed by atoms with E-state index in [1.165, 1.54) is 11.1 Å². The topological polar surface area (TPSA) is 35.2 Å². The summed E-state index contributed by atoms with van der Waals surface area (Å²) in [7, 11) is 0. The first-order valence-electron chi connectivity index (χ1n) is 5.70. The van der Waals surface area contributed by atoms with Crippen molar-refractivity contribution >= 4 is 0 Å². The maximum atomic E-state index is 5.73. The zero-order valence-electron chi connectivity index (χ0n) is 9.75. The second-order valence-electron chi connectivity index (χ2n) is 3.85. The van der Waals surface area contributed by atoms with Gasteiger partial charge < -0.3 is 10.5 Å². The van der Waals surface area contributed by atoms with Gasteiger partial charge in [0.15, 0.2) is 0 Å². The third-order valence-corrected chi connectivity index (χ3v) is 2.39. The Hall–Kier alpha value is -1.02. The highest BCUT2D eigenvalue weighted by Crippen LogP contribution is 2.20. The summed E-state index contributed by atoms with van der Waals surface area (Å²) in [4.78, 5) is 0. The molecule has 0 aromatic heterocycles. The van der Waals surface area contributed by atoms with Gasteiger partial charge in [0.25, 0.3) is 0 Å². The predicted octanol–water partition coefficient (Wildman–Crippen LogP) is 2.68. The van der Waals surface area contributed by atoms with Crippen LogP contribution in [0.4, 0.5) is 0 Å². The molecule has 1 aromatic rings. The van der Waals surface area contributed by atoms with Gasteiger partial charge in [-0.3, -0.25) is 0 Å². The molecule has 15 heavy (non-hydrogen) atoms. The van der Waals surface area contributed by atoms with Gasteiger partial charge >= 0.3 is 0 Å². The summed E-state index contributed by atoms with van der Waals surface area (Å²) < 4.78 is 5.73. The highest BCUT2D eigenvalue weighted by atomic mass is 16.5. The Bertz CT molecular complexity index is 297. The fourth-order valence-electron chi connectivity index (χ4n) is 1.53. The lowest BCUT2D eigenvalue weighted by Gasteiger charge is -2.11. The zero-order valence-corrected chi connectivity index (χ0v) is 9.75. The first-order valence-corrected chi connectivity index (χ1v) is 5.70. The zero-order chi connectivity index (χ0) is 11.1. The van der Waals surface area contributed by atoms with E-state index in [0.717, 1.165) is 31.6 Å². The second-order valence-corrected chi connectivity index (χ2v) is 3.85. The molecule has 2 heteroatoms. The van der Waals surface area contributed by atoms with E-state index < -0.39 is 0 Å². The second kappa shape index (κ2) is 6.46. The summed E-state index contributed by atoms with van der Waals surface area (Å²) in [5.41, 5.74) is 8.07. The lowest BCUT2D eigenvalue weighted by molar-refractivity contribution is 0.306. The molecular formula is C13H21NO. The number of ether oxygens (including phenoxy) is 1. The van der Waals surface area contributed by atoms with Gasteiger partial charge in [0.05, 0.1) is 6.61 Å². The van der Waals surface area contributed by atoms with Gasteiger partial charge in [0.2, 0.25) is 0 Å². The van der Waals surface area contributed by atoms with Crippen molar-refractivity contribution in [3.8, 4) is 5.75 Å². The molecular weight excluding hydrogens is 186 g/mol. The predicted molar refractivity (Wildman–Crippen MR) is 64.3 cm³/mol. The Morgan fingerprint density at radius 1 is 1.33 bits per heavy atom. The molecule has 0 unspecified atom stereocenters. The van der Waals surface area contributed by atoms with Crippen LogP contribution in [0.15, 0.2) is 18.2 Å². The average Bonchev–Trinajstić information content (AvgIpc) is 2.22. The highest BCUT2D eigenvalue weighted by molar-refractivity contribution is 5.37. The Balaban J connectivity index is 2.67. The molecule has 2 N–H and O–H groups in total. The summed E-state index contributed by atoms with van der Waals surface area (Å²) in [5, 5.41) is 0. The maximum absolute atomic E-state index is 5.73. The number of rotatable bonds is 6. The molecule has 0 fully saturated rings. The van der Waals surface area contributed by atoms with E-state index >= 15 is 0 Å². The van der Waals surface area contributed by atoms with Gasteiger partial charge in [-0.2, -0.15) is 0 Å². The first kappa shape index (κ1) is 12.1. The fraction of sp³-hybridized carbons (Fsp3) is 0.538. The minimum Gasteiger partial charge on any atom is -0.493 e. The Morgan fingerprint density at radius 2 is 2.13 bits per heavy atom. The number of aryl methyl sites for hydroxylation is 1. The average molecular weight is 207 g/mol. The normalized spacial score (nSPS) is 10.3. The molecule has 1 aromatic carbocycles. The molecule has 0 radical (unpaired) electrons. The van der Waals surface area contributed by atoms with Crippen LogP contribution in [0.1, 0.15) is 30.9 Å². The van der Waals surface area contributed by atoms with Crippen molar-refractivity contribution in [3.05, 3.63) is 29.3 Å². The van der Waals surface area contributed by atoms with Crippen molar-refractivity contribution in [3.63, 3.8) is 0 Å². The van der Waals surface area contributed by atoms with Crippen molar-refractivity contribution in [2.45, 2.75) is 33.1 Å². The fourth-order valence-corrected chi connectivity index (χ4v) is 1.53. The SMILES string of the molecule is CCCCOc1ccc(C)cc1CCN. The van der Waals surface area contributed by atoms with Crippen LogP contribution in [-0.4, -0.2) is 13.2 Å². The molecule has 0 atom stereocenters. The number of hydrogen-bond donors (Lipinski definition) is 1. The summed E-state index contributed by atoms with van der Waals surface area (Å²) in [6, 6.07) is 6.30. The minimum absolute atomic E-state index is 0.674. The van der Waals surface area contributed by atoms with E-state index in [1.54, 1.807) is 0 Å². The lowest BCUT2D eigenvalue weighted by atomic mass is 10.1. The smallest absolute Gasteiger partial charge is 0.122 e. The number of benzene rings is 1. The Labute approximate surface area is 92.4 Å². The van der Waals surface area contributed by atoms with E-state index in [9.17, 15) is 0 Å². The van der Waals surface area contributed by atoms with Crippen LogP contribution in [-0.2, 0) is 6.42 Å². The molecule has 0 saturated carbocycles. The molecule has 0 amide bonds. The summed E-state index contributed by atoms with van der Waals surface area (Å²) in [6.45, 7) is 5.74. The van der Waals surface area contributed by atoms with Crippen LogP contribution >= 0.6 is 0 Å². The molecule has 0 saturated heterocycles. The van der Waals surface area contributed by atoms with Crippen molar-refractivity contribution in [2.24, 2.45) is 5.73 Å². The van der Waals surface area contributed by atoms with Crippen molar-refractivity contribution in [1.82, 2.24) is 0 Å². The summed E-state index contributed by atoms with van der Waals surface area (Å²) >= 11 is 0. The van der Waals surface area contributed by atoms with Gasteiger partial charge in [-0.05, 0) is 37.9 Å². The molecule has 84 valence electrons. The number of unbranched alkanes of at least 4 members (excludes halogenated alkanes) is 1. The van der Waals surface area contributed by atoms with E-state index in [-0.39, 0.29) is 0 Å². The maximum Gasteiger partial charge on any atom is 0.122 e. The largest absolute Gasteiger partial charge is 0.493 e. The Morgan fingerprint density at radius 3 is 2.80 bits per heavy atom. The standard InChI is InChI=1S/C13H21NO/c1-3-4-9-15-13-6-5-11(2)10-12(13)7-8-14/h5-6,10H,3-4,7-9,14H2,1-2H3. The van der Waals surface area contributed by atoms with Crippen LogP contribution in [0.25, 0.3) is 0 Å². The lowest BCUT2D eigenvalue weighted by Crippen LogP contribution is -2.06. The molecule has 0 spiro atoms. The quantitative estimate of drug-likeness (QED) is 0.728. The van der Waals surface area contributed by atoms with Crippen LogP contribution in [0.2, 0.25) is 0 Å². The highest BCUT2D eigenvalue weighted by Gasteiger charge is 2.02. The van der Waals surface area contributed by atoms with Crippen LogP contribution in [0, 0.1) is 6.92 Å². The molecule has 2 nitrogen and oxygen atoms in total. The number of nitrogens with two attached hydrogens (primary N) is 1. The van der Waals surface area contributed by atoms with Crippen molar-refractivity contribution in [1.29, 1.82) is 0 Å². The molecule has 0 heterocycles. The van der Waals surface area contributed by atoms with Crippen LogP contribution < -0.4 is 10.5 Å². The van der Waals surface area contributed by atoms with Gasteiger partial charge in [0, 0.05) is 0 Å². The van der Waals surface area contributed by atoms with Gasteiger partial charge in [-0.1, -0.05) is 31.0 Å². The molecule has 1 rings (SSSR count). The monoisotopic (exact) mass is 207 g/mol. The third-order valence-electron chi connectivity index (χ3n) is 2.39. The third kappa shape index (κ3) is 3.92. The van der Waals surface area contributed by atoms with Crippen LogP contribution in [0.3, 0.4) is 0 Å². The van der Waals surface area contributed by atoms with Gasteiger partial charge in [-0.25, -0.2) is 0 Å². The summed E-state index contributed by atoms with van der Waals surface area (Å²) in [5.74, 6) is 1.000. The molecule has 0 aliphatic rings. The van der Waals surface area contributed by atoms with Gasteiger partial charge in [-0.15, -0.1) is 0 Å².